The Bertz CT molecular complexity index is 896. The van der Waals surface area contributed by atoms with Crippen molar-refractivity contribution in [2.24, 2.45) is 0 Å². The van der Waals surface area contributed by atoms with E-state index in [0.29, 0.717) is 18.3 Å². The predicted molar refractivity (Wildman–Crippen MR) is 94.0 cm³/mol. The van der Waals surface area contributed by atoms with Crippen LogP contribution in [0, 0.1) is 0 Å². The first-order chi connectivity index (χ1) is 12.1. The minimum absolute atomic E-state index is 0.0782. The molecule has 1 amide bonds. The summed E-state index contributed by atoms with van der Waals surface area (Å²) in [6.07, 6.45) is 3.82. The number of hydrogen-bond acceptors (Lipinski definition) is 4. The highest BCUT2D eigenvalue weighted by Crippen LogP contribution is 2.31. The van der Waals surface area contributed by atoms with Crippen molar-refractivity contribution < 1.29 is 9.32 Å². The molecule has 130 valence electrons. The van der Waals surface area contributed by atoms with Crippen molar-refractivity contribution in [3.05, 3.63) is 48.2 Å². The van der Waals surface area contributed by atoms with Crippen LogP contribution < -0.4 is 0 Å². The number of nitrogens with zero attached hydrogens (tertiary/aromatic N) is 4. The minimum atomic E-state index is -0.0782. The molecule has 1 aromatic carbocycles. The second-order valence-corrected chi connectivity index (χ2v) is 6.89. The van der Waals surface area contributed by atoms with Gasteiger partial charge in [0.05, 0.1) is 6.04 Å². The predicted octanol–water partition coefficient (Wildman–Crippen LogP) is 3.51. The summed E-state index contributed by atoms with van der Waals surface area (Å²) in [5, 5.41) is 5.26. The van der Waals surface area contributed by atoms with E-state index < -0.39 is 0 Å². The van der Waals surface area contributed by atoms with Crippen molar-refractivity contribution in [3.8, 4) is 0 Å². The lowest BCUT2D eigenvalue weighted by atomic mass is 10.2. The zero-order valence-electron chi connectivity index (χ0n) is 14.6. The Hall–Kier alpha value is -2.63. The third kappa shape index (κ3) is 2.92. The van der Waals surface area contributed by atoms with E-state index in [-0.39, 0.29) is 17.9 Å². The molecular weight excluding hydrogens is 316 g/mol. The van der Waals surface area contributed by atoms with Crippen molar-refractivity contribution in [1.29, 1.82) is 0 Å². The molecule has 0 unspecified atom stereocenters. The maximum Gasteiger partial charge on any atom is 0.243 e. The van der Waals surface area contributed by atoms with Gasteiger partial charge < -0.3 is 14.0 Å². The van der Waals surface area contributed by atoms with Crippen LogP contribution in [0.4, 0.5) is 0 Å². The summed E-state index contributed by atoms with van der Waals surface area (Å²) < 4.78 is 7.33. The number of carbonyl (C=O) groups excluding carboxylic acids is 1. The Morgan fingerprint density at radius 3 is 2.96 bits per heavy atom. The summed E-state index contributed by atoms with van der Waals surface area (Å²) in [4.78, 5) is 19.3. The van der Waals surface area contributed by atoms with Crippen LogP contribution >= 0.6 is 0 Å². The molecule has 0 radical (unpaired) electrons. The molecule has 0 saturated carbocycles. The summed E-state index contributed by atoms with van der Waals surface area (Å²) >= 11 is 0. The fourth-order valence-corrected chi connectivity index (χ4v) is 3.47. The SMILES string of the molecule is CC(C)c1nc([C@@H]2CCCN2C(=O)Cn2ccc3ccccc32)no1. The van der Waals surface area contributed by atoms with Crippen LogP contribution in [0.1, 0.15) is 50.4 Å². The molecule has 25 heavy (non-hydrogen) atoms. The topological polar surface area (TPSA) is 64.2 Å². The number of likely N-dealkylation sites (tertiary alicyclic amines) is 1. The average Bonchev–Trinajstić information content (AvgIpc) is 3.34. The largest absolute Gasteiger partial charge is 0.339 e. The van der Waals surface area contributed by atoms with E-state index in [1.807, 2.05) is 53.8 Å². The van der Waals surface area contributed by atoms with E-state index in [0.717, 1.165) is 30.3 Å². The molecule has 1 fully saturated rings. The summed E-state index contributed by atoms with van der Waals surface area (Å²) in [5.74, 6) is 1.55. The van der Waals surface area contributed by atoms with E-state index in [1.165, 1.54) is 0 Å². The zero-order valence-corrected chi connectivity index (χ0v) is 14.6. The molecule has 3 aromatic rings. The van der Waals surface area contributed by atoms with E-state index >= 15 is 0 Å². The second-order valence-electron chi connectivity index (χ2n) is 6.89. The van der Waals surface area contributed by atoms with Crippen molar-refractivity contribution in [2.75, 3.05) is 6.54 Å². The average molecular weight is 338 g/mol. The number of carbonyl (C=O) groups is 1. The molecule has 0 N–H and O–H groups in total. The van der Waals surface area contributed by atoms with Crippen LogP contribution in [-0.4, -0.2) is 32.1 Å². The lowest BCUT2D eigenvalue weighted by molar-refractivity contribution is -0.132. The van der Waals surface area contributed by atoms with Gasteiger partial charge in [-0.2, -0.15) is 4.98 Å². The van der Waals surface area contributed by atoms with Crippen LogP contribution in [0.5, 0.6) is 0 Å². The summed E-state index contributed by atoms with van der Waals surface area (Å²) in [6.45, 7) is 5.12. The molecule has 6 nitrogen and oxygen atoms in total. The molecule has 1 atom stereocenters. The quantitative estimate of drug-likeness (QED) is 0.730. The Morgan fingerprint density at radius 1 is 1.32 bits per heavy atom. The lowest BCUT2D eigenvalue weighted by Gasteiger charge is -2.22. The summed E-state index contributed by atoms with van der Waals surface area (Å²) in [5.41, 5.74) is 1.08. The fourth-order valence-electron chi connectivity index (χ4n) is 3.47. The van der Waals surface area contributed by atoms with Crippen LogP contribution in [-0.2, 0) is 11.3 Å². The molecule has 1 saturated heterocycles. The Labute approximate surface area is 146 Å². The van der Waals surface area contributed by atoms with Gasteiger partial charge in [-0.25, -0.2) is 0 Å². The number of amides is 1. The number of benzene rings is 1. The fraction of sp³-hybridized carbons (Fsp3) is 0.421. The first kappa shape index (κ1) is 15.9. The van der Waals surface area contributed by atoms with Gasteiger partial charge in [-0.3, -0.25) is 4.79 Å². The number of fused-ring (bicyclic) bond motifs is 1. The Morgan fingerprint density at radius 2 is 2.16 bits per heavy atom. The maximum atomic E-state index is 12.9. The van der Waals surface area contributed by atoms with Crippen LogP contribution in [0.3, 0.4) is 0 Å². The van der Waals surface area contributed by atoms with Gasteiger partial charge in [0.15, 0.2) is 5.82 Å². The molecule has 2 aromatic heterocycles. The standard InChI is InChI=1S/C19H22N4O2/c1-13(2)19-20-18(21-25-19)16-8-5-10-23(16)17(24)12-22-11-9-14-6-3-4-7-15(14)22/h3-4,6-7,9,11,13,16H,5,8,10,12H2,1-2H3/t16-/m0/s1. The van der Waals surface area contributed by atoms with Crippen LogP contribution in [0.15, 0.2) is 41.1 Å². The second kappa shape index (κ2) is 6.35. The van der Waals surface area contributed by atoms with Gasteiger partial charge in [-0.1, -0.05) is 37.2 Å². The first-order valence-corrected chi connectivity index (χ1v) is 8.80. The molecule has 1 aliphatic heterocycles. The van der Waals surface area contributed by atoms with E-state index in [4.69, 9.17) is 4.52 Å². The third-order valence-electron chi connectivity index (χ3n) is 4.81. The Balaban J connectivity index is 1.54. The number of rotatable bonds is 4. The third-order valence-corrected chi connectivity index (χ3v) is 4.81. The molecule has 6 heteroatoms. The molecule has 0 aliphatic carbocycles. The monoisotopic (exact) mass is 338 g/mol. The highest BCUT2D eigenvalue weighted by molar-refractivity contribution is 5.83. The lowest BCUT2D eigenvalue weighted by Crippen LogP contribution is -2.33. The highest BCUT2D eigenvalue weighted by atomic mass is 16.5. The normalized spacial score (nSPS) is 17.7. The van der Waals surface area contributed by atoms with Gasteiger partial charge in [0.1, 0.15) is 6.54 Å². The first-order valence-electron chi connectivity index (χ1n) is 8.80. The van der Waals surface area contributed by atoms with Gasteiger partial charge in [0.25, 0.3) is 0 Å². The molecule has 0 spiro atoms. The highest BCUT2D eigenvalue weighted by Gasteiger charge is 2.33. The Kier molecular flexibility index (Phi) is 4.03. The molecule has 0 bridgehead atoms. The van der Waals surface area contributed by atoms with Gasteiger partial charge in [0, 0.05) is 24.2 Å². The van der Waals surface area contributed by atoms with Crippen LogP contribution in [0.2, 0.25) is 0 Å². The van der Waals surface area contributed by atoms with Gasteiger partial charge >= 0.3 is 0 Å². The van der Waals surface area contributed by atoms with E-state index in [1.54, 1.807) is 0 Å². The maximum absolute atomic E-state index is 12.9. The summed E-state index contributed by atoms with van der Waals surface area (Å²) in [6, 6.07) is 10.1. The molecular formula is C19H22N4O2. The van der Waals surface area contributed by atoms with Crippen molar-refractivity contribution in [2.45, 2.75) is 45.2 Å². The minimum Gasteiger partial charge on any atom is -0.339 e. The van der Waals surface area contributed by atoms with Crippen molar-refractivity contribution in [1.82, 2.24) is 19.6 Å². The molecule has 4 rings (SSSR count). The number of aromatic nitrogens is 3. The van der Waals surface area contributed by atoms with Crippen molar-refractivity contribution in [3.63, 3.8) is 0 Å². The molecule has 3 heterocycles. The van der Waals surface area contributed by atoms with Gasteiger partial charge in [-0.15, -0.1) is 0 Å². The van der Waals surface area contributed by atoms with E-state index in [9.17, 15) is 4.79 Å². The van der Waals surface area contributed by atoms with E-state index in [2.05, 4.69) is 16.2 Å². The van der Waals surface area contributed by atoms with Gasteiger partial charge in [-0.05, 0) is 30.4 Å². The number of hydrogen-bond donors (Lipinski definition) is 0. The van der Waals surface area contributed by atoms with Crippen molar-refractivity contribution >= 4 is 16.8 Å². The summed E-state index contributed by atoms with van der Waals surface area (Å²) in [7, 11) is 0. The van der Waals surface area contributed by atoms with Crippen LogP contribution in [0.25, 0.3) is 10.9 Å². The number of para-hydroxylation sites is 1. The smallest absolute Gasteiger partial charge is 0.243 e. The van der Waals surface area contributed by atoms with Gasteiger partial charge in [0.2, 0.25) is 11.8 Å². The molecule has 1 aliphatic rings. The zero-order chi connectivity index (χ0) is 17.4.